The van der Waals surface area contributed by atoms with Gasteiger partial charge in [0.2, 0.25) is 0 Å². The van der Waals surface area contributed by atoms with E-state index in [2.05, 4.69) is 54.1 Å². The number of benzene rings is 1. The Balaban J connectivity index is 1.98. The third-order valence-corrected chi connectivity index (χ3v) is 4.59. The van der Waals surface area contributed by atoms with Gasteiger partial charge in [-0.05, 0) is 50.6 Å². The van der Waals surface area contributed by atoms with Crippen LogP contribution in [0.25, 0.3) is 0 Å². The summed E-state index contributed by atoms with van der Waals surface area (Å²) < 4.78 is 0. The van der Waals surface area contributed by atoms with Crippen molar-refractivity contribution in [1.82, 2.24) is 10.2 Å². The normalized spacial score (nSPS) is 18.3. The van der Waals surface area contributed by atoms with Gasteiger partial charge in [-0.1, -0.05) is 13.0 Å². The van der Waals surface area contributed by atoms with Crippen molar-refractivity contribution in [2.75, 3.05) is 38.1 Å². The lowest BCUT2D eigenvalue weighted by Gasteiger charge is -2.39. The van der Waals surface area contributed by atoms with Crippen molar-refractivity contribution in [2.45, 2.75) is 39.8 Å². The molecule has 0 aliphatic carbocycles. The molecule has 1 fully saturated rings. The number of hydrogen-bond acceptors (Lipinski definition) is 3. The van der Waals surface area contributed by atoms with E-state index >= 15 is 0 Å². The van der Waals surface area contributed by atoms with E-state index < -0.39 is 0 Å². The first-order valence-electron chi connectivity index (χ1n) is 7.88. The van der Waals surface area contributed by atoms with Gasteiger partial charge < -0.3 is 10.2 Å². The quantitative estimate of drug-likeness (QED) is 0.891. The maximum Gasteiger partial charge on any atom is 0.0369 e. The van der Waals surface area contributed by atoms with Gasteiger partial charge in [-0.25, -0.2) is 0 Å². The Morgan fingerprint density at radius 1 is 1.20 bits per heavy atom. The molecule has 0 radical (unpaired) electrons. The molecule has 1 aliphatic heterocycles. The van der Waals surface area contributed by atoms with Crippen molar-refractivity contribution < 1.29 is 0 Å². The van der Waals surface area contributed by atoms with E-state index in [0.29, 0.717) is 0 Å². The Labute approximate surface area is 124 Å². The highest BCUT2D eigenvalue weighted by molar-refractivity contribution is 5.51. The first kappa shape index (κ1) is 15.3. The summed E-state index contributed by atoms with van der Waals surface area (Å²) in [5, 5.41) is 3.23. The van der Waals surface area contributed by atoms with E-state index in [4.69, 9.17) is 0 Å². The fourth-order valence-electron chi connectivity index (χ4n) is 2.94. The largest absolute Gasteiger partial charge is 0.369 e. The predicted molar refractivity (Wildman–Crippen MR) is 87.5 cm³/mol. The Kier molecular flexibility index (Phi) is 5.44. The summed E-state index contributed by atoms with van der Waals surface area (Å²) in [5.74, 6) is 0. The Hall–Kier alpha value is -1.06. The van der Waals surface area contributed by atoms with Crippen LogP contribution in [0.5, 0.6) is 0 Å². The number of rotatable bonds is 5. The smallest absolute Gasteiger partial charge is 0.0369 e. The Morgan fingerprint density at radius 3 is 2.45 bits per heavy atom. The third-order valence-electron chi connectivity index (χ3n) is 4.59. The minimum atomic E-state index is 0.719. The van der Waals surface area contributed by atoms with E-state index in [9.17, 15) is 0 Å². The molecule has 1 N–H and O–H groups in total. The van der Waals surface area contributed by atoms with Gasteiger partial charge >= 0.3 is 0 Å². The second-order valence-corrected chi connectivity index (χ2v) is 5.92. The minimum Gasteiger partial charge on any atom is -0.369 e. The first-order chi connectivity index (χ1) is 9.65. The lowest BCUT2D eigenvalue weighted by molar-refractivity contribution is 0.193. The second kappa shape index (κ2) is 7.09. The van der Waals surface area contributed by atoms with Gasteiger partial charge in [-0.2, -0.15) is 0 Å². The van der Waals surface area contributed by atoms with Crippen LogP contribution < -0.4 is 10.2 Å². The molecule has 0 amide bonds. The molecule has 3 heteroatoms. The van der Waals surface area contributed by atoms with E-state index in [-0.39, 0.29) is 0 Å². The van der Waals surface area contributed by atoms with Gasteiger partial charge in [0.1, 0.15) is 0 Å². The zero-order valence-electron chi connectivity index (χ0n) is 13.4. The maximum atomic E-state index is 3.23. The SMILES string of the molecule is CCC(C)N1CCN(c2ccc(CNC)c(C)c2)CC1. The molecule has 0 spiro atoms. The van der Waals surface area contributed by atoms with Crippen LogP contribution in [0.15, 0.2) is 18.2 Å². The van der Waals surface area contributed by atoms with E-state index in [1.807, 2.05) is 7.05 Å². The summed E-state index contributed by atoms with van der Waals surface area (Å²) in [5.41, 5.74) is 4.17. The molecule has 1 atom stereocenters. The molecular formula is C17H29N3. The van der Waals surface area contributed by atoms with Crippen LogP contribution in [0, 0.1) is 6.92 Å². The highest BCUT2D eigenvalue weighted by Crippen LogP contribution is 2.21. The van der Waals surface area contributed by atoms with Crippen molar-refractivity contribution in [3.8, 4) is 0 Å². The van der Waals surface area contributed by atoms with Crippen LogP contribution in [0.4, 0.5) is 5.69 Å². The molecule has 2 rings (SSSR count). The van der Waals surface area contributed by atoms with Crippen LogP contribution in [-0.2, 0) is 6.54 Å². The van der Waals surface area contributed by atoms with Gasteiger partial charge in [0, 0.05) is 44.5 Å². The van der Waals surface area contributed by atoms with Gasteiger partial charge in [-0.3, -0.25) is 4.90 Å². The zero-order chi connectivity index (χ0) is 14.5. The number of hydrogen-bond donors (Lipinski definition) is 1. The number of piperazine rings is 1. The second-order valence-electron chi connectivity index (χ2n) is 5.92. The fourth-order valence-corrected chi connectivity index (χ4v) is 2.94. The monoisotopic (exact) mass is 275 g/mol. The molecule has 1 aromatic rings. The molecule has 20 heavy (non-hydrogen) atoms. The minimum absolute atomic E-state index is 0.719. The number of aryl methyl sites for hydroxylation is 1. The summed E-state index contributed by atoms with van der Waals surface area (Å²) in [6.07, 6.45) is 1.25. The lowest BCUT2D eigenvalue weighted by Crippen LogP contribution is -2.49. The summed E-state index contributed by atoms with van der Waals surface area (Å²) in [7, 11) is 2.00. The average Bonchev–Trinajstić information content (AvgIpc) is 2.49. The highest BCUT2D eigenvalue weighted by atomic mass is 15.3. The van der Waals surface area contributed by atoms with Crippen molar-refractivity contribution in [3.05, 3.63) is 29.3 Å². The number of nitrogens with zero attached hydrogens (tertiary/aromatic N) is 2. The molecular weight excluding hydrogens is 246 g/mol. The molecule has 112 valence electrons. The van der Waals surface area contributed by atoms with Crippen LogP contribution >= 0.6 is 0 Å². The van der Waals surface area contributed by atoms with Crippen LogP contribution in [0.2, 0.25) is 0 Å². The maximum absolute atomic E-state index is 3.23. The van der Waals surface area contributed by atoms with Crippen LogP contribution in [0.3, 0.4) is 0 Å². The van der Waals surface area contributed by atoms with Crippen molar-refractivity contribution >= 4 is 5.69 Å². The lowest BCUT2D eigenvalue weighted by atomic mass is 10.1. The zero-order valence-corrected chi connectivity index (χ0v) is 13.4. The fraction of sp³-hybridized carbons (Fsp3) is 0.647. The van der Waals surface area contributed by atoms with E-state index in [0.717, 1.165) is 25.7 Å². The van der Waals surface area contributed by atoms with E-state index in [1.165, 1.54) is 36.3 Å². The molecule has 1 unspecified atom stereocenters. The van der Waals surface area contributed by atoms with Crippen LogP contribution in [0.1, 0.15) is 31.4 Å². The van der Waals surface area contributed by atoms with Gasteiger partial charge in [0.25, 0.3) is 0 Å². The molecule has 1 heterocycles. The molecule has 1 aliphatic rings. The molecule has 0 saturated carbocycles. The summed E-state index contributed by atoms with van der Waals surface area (Å²) in [6.45, 7) is 12.5. The molecule has 0 bridgehead atoms. The highest BCUT2D eigenvalue weighted by Gasteiger charge is 2.20. The number of nitrogens with one attached hydrogen (secondary N) is 1. The molecule has 1 saturated heterocycles. The summed E-state index contributed by atoms with van der Waals surface area (Å²) >= 11 is 0. The van der Waals surface area contributed by atoms with Crippen molar-refractivity contribution in [2.24, 2.45) is 0 Å². The number of anilines is 1. The third kappa shape index (κ3) is 3.53. The Bertz CT molecular complexity index is 422. The summed E-state index contributed by atoms with van der Waals surface area (Å²) in [4.78, 5) is 5.13. The molecule has 0 aromatic heterocycles. The standard InChI is InChI=1S/C17H29N3/c1-5-15(3)19-8-10-20(11-9-19)17-7-6-16(13-18-4)14(2)12-17/h6-7,12,15,18H,5,8-11,13H2,1-4H3. The van der Waals surface area contributed by atoms with Crippen molar-refractivity contribution in [3.63, 3.8) is 0 Å². The molecule has 1 aromatic carbocycles. The van der Waals surface area contributed by atoms with E-state index in [1.54, 1.807) is 0 Å². The predicted octanol–water partition coefficient (Wildman–Crippen LogP) is 2.63. The summed E-state index contributed by atoms with van der Waals surface area (Å²) in [6, 6.07) is 7.60. The topological polar surface area (TPSA) is 18.5 Å². The van der Waals surface area contributed by atoms with Crippen LogP contribution in [-0.4, -0.2) is 44.2 Å². The first-order valence-corrected chi connectivity index (χ1v) is 7.88. The van der Waals surface area contributed by atoms with Crippen molar-refractivity contribution in [1.29, 1.82) is 0 Å². The van der Waals surface area contributed by atoms with Gasteiger partial charge in [0.05, 0.1) is 0 Å². The average molecular weight is 275 g/mol. The van der Waals surface area contributed by atoms with Gasteiger partial charge in [-0.15, -0.1) is 0 Å². The van der Waals surface area contributed by atoms with Gasteiger partial charge in [0.15, 0.2) is 0 Å². The molecule has 3 nitrogen and oxygen atoms in total. The Morgan fingerprint density at radius 2 is 1.90 bits per heavy atom.